The first kappa shape index (κ1) is 11.9. The molecule has 0 spiro atoms. The van der Waals surface area contributed by atoms with Crippen molar-refractivity contribution in [3.63, 3.8) is 0 Å². The van der Waals surface area contributed by atoms with E-state index in [-0.39, 0.29) is 6.04 Å². The minimum Gasteiger partial charge on any atom is -0.377 e. The van der Waals surface area contributed by atoms with Gasteiger partial charge in [-0.1, -0.05) is 11.6 Å². The van der Waals surface area contributed by atoms with E-state index in [0.29, 0.717) is 5.15 Å². The highest BCUT2D eigenvalue weighted by Gasteiger charge is 2.08. The van der Waals surface area contributed by atoms with E-state index < -0.39 is 0 Å². The number of hydrogen-bond donors (Lipinski definition) is 1. The van der Waals surface area contributed by atoms with Crippen molar-refractivity contribution in [2.24, 2.45) is 7.05 Å². The summed E-state index contributed by atoms with van der Waals surface area (Å²) in [6.45, 7) is 4.02. The number of nitrogens with one attached hydrogen (secondary N) is 1. The van der Waals surface area contributed by atoms with Crippen molar-refractivity contribution in [1.29, 1.82) is 0 Å². The van der Waals surface area contributed by atoms with Gasteiger partial charge in [-0.25, -0.2) is 4.98 Å². The molecule has 2 rings (SSSR count). The molecule has 0 aliphatic heterocycles. The van der Waals surface area contributed by atoms with Gasteiger partial charge < -0.3 is 5.32 Å². The van der Waals surface area contributed by atoms with Crippen LogP contribution in [0.4, 0.5) is 5.69 Å². The van der Waals surface area contributed by atoms with E-state index in [4.69, 9.17) is 11.6 Å². The molecule has 5 heteroatoms. The van der Waals surface area contributed by atoms with Gasteiger partial charge in [0.1, 0.15) is 5.15 Å². The van der Waals surface area contributed by atoms with E-state index in [0.717, 1.165) is 16.8 Å². The fourth-order valence-corrected chi connectivity index (χ4v) is 1.74. The zero-order valence-electron chi connectivity index (χ0n) is 10.1. The Balaban J connectivity index is 2.12. The van der Waals surface area contributed by atoms with E-state index in [1.165, 1.54) is 0 Å². The van der Waals surface area contributed by atoms with Crippen LogP contribution in [0.25, 0.3) is 0 Å². The summed E-state index contributed by atoms with van der Waals surface area (Å²) in [4.78, 5) is 4.11. The second-order valence-electron chi connectivity index (χ2n) is 4.15. The molecule has 17 heavy (non-hydrogen) atoms. The van der Waals surface area contributed by atoms with E-state index in [1.54, 1.807) is 10.9 Å². The summed E-state index contributed by atoms with van der Waals surface area (Å²) in [7, 11) is 1.91. The molecule has 0 fully saturated rings. The SMILES string of the molecule is Cc1cc(NC(C)c2cnn(C)c2)cnc1Cl. The van der Waals surface area contributed by atoms with E-state index >= 15 is 0 Å². The smallest absolute Gasteiger partial charge is 0.132 e. The van der Waals surface area contributed by atoms with Gasteiger partial charge in [0.15, 0.2) is 0 Å². The Labute approximate surface area is 106 Å². The molecule has 0 bridgehead atoms. The number of hydrogen-bond acceptors (Lipinski definition) is 3. The van der Waals surface area contributed by atoms with Gasteiger partial charge in [0.05, 0.1) is 24.1 Å². The zero-order chi connectivity index (χ0) is 12.4. The van der Waals surface area contributed by atoms with Crippen LogP contribution in [-0.4, -0.2) is 14.8 Å². The monoisotopic (exact) mass is 250 g/mol. The quantitative estimate of drug-likeness (QED) is 0.852. The number of nitrogens with zero attached hydrogens (tertiary/aromatic N) is 3. The summed E-state index contributed by atoms with van der Waals surface area (Å²) in [5.74, 6) is 0. The molecular formula is C12H15ClN4. The van der Waals surface area contributed by atoms with Crippen LogP contribution in [0.15, 0.2) is 24.7 Å². The molecule has 1 atom stereocenters. The van der Waals surface area contributed by atoms with Gasteiger partial charge in [-0.3, -0.25) is 4.68 Å². The van der Waals surface area contributed by atoms with Crippen molar-refractivity contribution in [2.45, 2.75) is 19.9 Å². The van der Waals surface area contributed by atoms with Gasteiger partial charge in [0.25, 0.3) is 0 Å². The first-order valence-corrected chi connectivity index (χ1v) is 5.81. The Bertz CT molecular complexity index is 521. The highest BCUT2D eigenvalue weighted by Crippen LogP contribution is 2.21. The molecule has 0 radical (unpaired) electrons. The molecule has 0 saturated carbocycles. The molecule has 0 amide bonds. The third-order valence-corrected chi connectivity index (χ3v) is 3.02. The van der Waals surface area contributed by atoms with Crippen LogP contribution in [0.3, 0.4) is 0 Å². The maximum atomic E-state index is 5.89. The van der Waals surface area contributed by atoms with E-state index in [9.17, 15) is 0 Å². The molecule has 2 heterocycles. The minimum absolute atomic E-state index is 0.186. The molecule has 90 valence electrons. The Kier molecular flexibility index (Phi) is 3.33. The Hall–Kier alpha value is -1.55. The van der Waals surface area contributed by atoms with Gasteiger partial charge in [-0.2, -0.15) is 5.10 Å². The fraction of sp³-hybridized carbons (Fsp3) is 0.333. The van der Waals surface area contributed by atoms with Crippen LogP contribution in [0.1, 0.15) is 24.1 Å². The largest absolute Gasteiger partial charge is 0.377 e. The van der Waals surface area contributed by atoms with E-state index in [2.05, 4.69) is 22.3 Å². The number of aromatic nitrogens is 3. The number of pyridine rings is 1. The van der Waals surface area contributed by atoms with Crippen LogP contribution in [0.5, 0.6) is 0 Å². The second-order valence-corrected chi connectivity index (χ2v) is 4.50. The Morgan fingerprint density at radius 3 is 2.76 bits per heavy atom. The topological polar surface area (TPSA) is 42.7 Å². The van der Waals surface area contributed by atoms with E-state index in [1.807, 2.05) is 32.4 Å². The lowest BCUT2D eigenvalue weighted by molar-refractivity contribution is 0.765. The maximum Gasteiger partial charge on any atom is 0.132 e. The van der Waals surface area contributed by atoms with Gasteiger partial charge in [0, 0.05) is 18.8 Å². The third kappa shape index (κ3) is 2.77. The van der Waals surface area contributed by atoms with Crippen LogP contribution >= 0.6 is 11.6 Å². The minimum atomic E-state index is 0.186. The standard InChI is InChI=1S/C12H15ClN4/c1-8-4-11(6-14-12(8)13)16-9(2)10-5-15-17(3)7-10/h4-7,9,16H,1-3H3. The number of aryl methyl sites for hydroxylation is 2. The molecule has 0 saturated heterocycles. The first-order valence-electron chi connectivity index (χ1n) is 5.43. The summed E-state index contributed by atoms with van der Waals surface area (Å²) in [5.41, 5.74) is 3.07. The second kappa shape index (κ2) is 4.75. The molecular weight excluding hydrogens is 236 g/mol. The summed E-state index contributed by atoms with van der Waals surface area (Å²) in [5, 5.41) is 8.06. The van der Waals surface area contributed by atoms with Crippen molar-refractivity contribution in [3.05, 3.63) is 40.9 Å². The average Bonchev–Trinajstić information content (AvgIpc) is 2.70. The lowest BCUT2D eigenvalue weighted by Crippen LogP contribution is -2.06. The zero-order valence-corrected chi connectivity index (χ0v) is 10.9. The highest BCUT2D eigenvalue weighted by molar-refractivity contribution is 6.30. The summed E-state index contributed by atoms with van der Waals surface area (Å²) < 4.78 is 1.79. The Morgan fingerprint density at radius 1 is 1.41 bits per heavy atom. The van der Waals surface area contributed by atoms with Crippen molar-refractivity contribution >= 4 is 17.3 Å². The van der Waals surface area contributed by atoms with Gasteiger partial charge in [-0.15, -0.1) is 0 Å². The van der Waals surface area contributed by atoms with Crippen LogP contribution < -0.4 is 5.32 Å². The molecule has 1 unspecified atom stereocenters. The first-order chi connectivity index (χ1) is 8.06. The summed E-state index contributed by atoms with van der Waals surface area (Å²) >= 11 is 5.89. The summed E-state index contributed by atoms with van der Waals surface area (Å²) in [6, 6.07) is 2.17. The van der Waals surface area contributed by atoms with Crippen LogP contribution in [-0.2, 0) is 7.05 Å². The lowest BCUT2D eigenvalue weighted by atomic mass is 10.2. The molecule has 0 aliphatic rings. The van der Waals surface area contributed by atoms with Crippen LogP contribution in [0.2, 0.25) is 5.15 Å². The van der Waals surface area contributed by atoms with Gasteiger partial charge in [-0.05, 0) is 25.5 Å². The molecule has 2 aromatic rings. The van der Waals surface area contributed by atoms with Crippen molar-refractivity contribution in [3.8, 4) is 0 Å². The highest BCUT2D eigenvalue weighted by atomic mass is 35.5. The number of anilines is 1. The fourth-order valence-electron chi connectivity index (χ4n) is 1.63. The predicted octanol–water partition coefficient (Wildman–Crippen LogP) is 2.95. The maximum absolute atomic E-state index is 5.89. The van der Waals surface area contributed by atoms with Gasteiger partial charge >= 0.3 is 0 Å². The molecule has 4 nitrogen and oxygen atoms in total. The number of halogens is 1. The molecule has 1 N–H and O–H groups in total. The summed E-state index contributed by atoms with van der Waals surface area (Å²) in [6.07, 6.45) is 5.59. The van der Waals surface area contributed by atoms with Crippen molar-refractivity contribution in [1.82, 2.24) is 14.8 Å². The lowest BCUT2D eigenvalue weighted by Gasteiger charge is -2.13. The Morgan fingerprint density at radius 2 is 2.18 bits per heavy atom. The molecule has 0 aromatic carbocycles. The van der Waals surface area contributed by atoms with Gasteiger partial charge in [0.2, 0.25) is 0 Å². The van der Waals surface area contributed by atoms with Crippen molar-refractivity contribution in [2.75, 3.05) is 5.32 Å². The predicted molar refractivity (Wildman–Crippen MR) is 69.2 cm³/mol. The average molecular weight is 251 g/mol. The number of rotatable bonds is 3. The molecule has 2 aromatic heterocycles. The van der Waals surface area contributed by atoms with Crippen molar-refractivity contribution < 1.29 is 0 Å². The normalized spacial score (nSPS) is 12.5. The third-order valence-electron chi connectivity index (χ3n) is 2.62. The van der Waals surface area contributed by atoms with Crippen LogP contribution in [0, 0.1) is 6.92 Å². The molecule has 0 aliphatic carbocycles.